The molecule has 1 aromatic heterocycles. The summed E-state index contributed by atoms with van der Waals surface area (Å²) in [5.41, 5.74) is 8.83. The van der Waals surface area contributed by atoms with Crippen molar-refractivity contribution in [3.8, 4) is 11.5 Å². The van der Waals surface area contributed by atoms with Gasteiger partial charge in [0.05, 0.1) is 5.02 Å². The second-order valence-corrected chi connectivity index (χ2v) is 5.33. The first-order chi connectivity index (χ1) is 9.67. The highest BCUT2D eigenvalue weighted by Gasteiger charge is 2.12. The van der Waals surface area contributed by atoms with Crippen LogP contribution in [0, 0.1) is 0 Å². The molecule has 0 aliphatic heterocycles. The number of fused-ring (bicyclic) bond motifs is 1. The molecule has 0 bridgehead atoms. The highest BCUT2D eigenvalue weighted by atomic mass is 35.5. The second-order valence-electron chi connectivity index (χ2n) is 4.49. The Balaban J connectivity index is 2.03. The van der Waals surface area contributed by atoms with Crippen LogP contribution < -0.4 is 5.73 Å². The lowest BCUT2D eigenvalue weighted by Gasteiger charge is -1.99. The van der Waals surface area contributed by atoms with Crippen molar-refractivity contribution < 1.29 is 4.42 Å². The average molecular weight is 307 g/mol. The summed E-state index contributed by atoms with van der Waals surface area (Å²) < 4.78 is 5.71. The third-order valence-electron chi connectivity index (χ3n) is 3.04. The molecule has 102 valence electrons. The minimum absolute atomic E-state index is 0.464. The van der Waals surface area contributed by atoms with Crippen LogP contribution in [0.25, 0.3) is 22.6 Å². The summed E-state index contributed by atoms with van der Waals surface area (Å²) in [7, 11) is 0. The Morgan fingerprint density at radius 3 is 2.55 bits per heavy atom. The molecule has 2 aromatic carbocycles. The van der Waals surface area contributed by atoms with E-state index in [0.717, 1.165) is 12.0 Å². The molecule has 0 spiro atoms. The monoisotopic (exact) mass is 306 g/mol. The summed E-state index contributed by atoms with van der Waals surface area (Å²) in [5, 5.41) is 1.01. The zero-order valence-corrected chi connectivity index (χ0v) is 12.1. The van der Waals surface area contributed by atoms with E-state index in [2.05, 4.69) is 4.98 Å². The largest absolute Gasteiger partial charge is 0.435 e. The van der Waals surface area contributed by atoms with Gasteiger partial charge in [0.1, 0.15) is 5.52 Å². The van der Waals surface area contributed by atoms with Crippen molar-refractivity contribution in [3.05, 3.63) is 52.0 Å². The summed E-state index contributed by atoms with van der Waals surface area (Å²) in [6.07, 6.45) is 0.856. The molecule has 0 fully saturated rings. The Bertz CT molecular complexity index is 750. The van der Waals surface area contributed by atoms with Crippen molar-refractivity contribution in [1.82, 2.24) is 4.98 Å². The van der Waals surface area contributed by atoms with Crippen LogP contribution >= 0.6 is 23.2 Å². The smallest absolute Gasteiger partial charge is 0.227 e. The lowest BCUT2D eigenvalue weighted by Crippen LogP contribution is -2.02. The summed E-state index contributed by atoms with van der Waals surface area (Å²) in [4.78, 5) is 4.42. The molecule has 0 saturated carbocycles. The van der Waals surface area contributed by atoms with E-state index < -0.39 is 0 Å². The van der Waals surface area contributed by atoms with E-state index in [1.54, 1.807) is 12.1 Å². The summed E-state index contributed by atoms with van der Waals surface area (Å²) >= 11 is 12.1. The van der Waals surface area contributed by atoms with Gasteiger partial charge in [-0.2, -0.15) is 0 Å². The first-order valence-electron chi connectivity index (χ1n) is 6.22. The van der Waals surface area contributed by atoms with Crippen molar-refractivity contribution in [3.63, 3.8) is 0 Å². The SMILES string of the molecule is NCCc1ccc(-c2nc3cc(Cl)cc(Cl)c3o2)cc1. The zero-order chi connectivity index (χ0) is 14.1. The first kappa shape index (κ1) is 13.4. The highest BCUT2D eigenvalue weighted by Crippen LogP contribution is 2.31. The standard InChI is InChI=1S/C15H12Cl2N2O/c16-11-7-12(17)14-13(8-11)19-15(20-14)10-3-1-9(2-4-10)5-6-18/h1-4,7-8H,5-6,18H2. The minimum atomic E-state index is 0.464. The number of hydrogen-bond acceptors (Lipinski definition) is 3. The Kier molecular flexibility index (Phi) is 3.66. The van der Waals surface area contributed by atoms with E-state index in [9.17, 15) is 0 Å². The molecule has 0 unspecified atom stereocenters. The first-order valence-corrected chi connectivity index (χ1v) is 6.98. The Morgan fingerprint density at radius 2 is 1.85 bits per heavy atom. The molecule has 2 N–H and O–H groups in total. The lowest BCUT2D eigenvalue weighted by molar-refractivity contribution is 0.620. The van der Waals surface area contributed by atoms with Crippen molar-refractivity contribution in [2.75, 3.05) is 6.54 Å². The number of nitrogens with zero attached hydrogens (tertiary/aromatic N) is 1. The average Bonchev–Trinajstić information content (AvgIpc) is 2.84. The summed E-state index contributed by atoms with van der Waals surface area (Å²) in [6.45, 7) is 0.635. The Hall–Kier alpha value is -1.55. The summed E-state index contributed by atoms with van der Waals surface area (Å²) in [6, 6.07) is 11.3. The van der Waals surface area contributed by atoms with E-state index in [0.29, 0.717) is 33.6 Å². The second kappa shape index (κ2) is 5.44. The van der Waals surface area contributed by atoms with Gasteiger partial charge in [0, 0.05) is 10.6 Å². The normalized spacial score (nSPS) is 11.2. The number of halogens is 2. The fraction of sp³-hybridized carbons (Fsp3) is 0.133. The van der Waals surface area contributed by atoms with Gasteiger partial charge in [-0.3, -0.25) is 0 Å². The third-order valence-corrected chi connectivity index (χ3v) is 3.54. The van der Waals surface area contributed by atoms with Gasteiger partial charge in [-0.25, -0.2) is 4.98 Å². The van der Waals surface area contributed by atoms with Gasteiger partial charge >= 0.3 is 0 Å². The molecule has 0 aliphatic rings. The van der Waals surface area contributed by atoms with Crippen LogP contribution in [-0.4, -0.2) is 11.5 Å². The van der Waals surface area contributed by atoms with Crippen LogP contribution in [0.3, 0.4) is 0 Å². The molecule has 1 heterocycles. The Labute approximate surface area is 126 Å². The van der Waals surface area contributed by atoms with Crippen LogP contribution in [0.1, 0.15) is 5.56 Å². The topological polar surface area (TPSA) is 52.0 Å². The fourth-order valence-corrected chi connectivity index (χ4v) is 2.59. The van der Waals surface area contributed by atoms with Gasteiger partial charge in [0.25, 0.3) is 0 Å². The zero-order valence-electron chi connectivity index (χ0n) is 10.6. The Morgan fingerprint density at radius 1 is 1.10 bits per heavy atom. The molecule has 3 aromatic rings. The number of benzene rings is 2. The van der Waals surface area contributed by atoms with Gasteiger partial charge in [0.15, 0.2) is 5.58 Å². The van der Waals surface area contributed by atoms with E-state index in [-0.39, 0.29) is 0 Å². The summed E-state index contributed by atoms with van der Waals surface area (Å²) in [5.74, 6) is 0.531. The van der Waals surface area contributed by atoms with E-state index in [4.69, 9.17) is 33.4 Å². The molecule has 0 aliphatic carbocycles. The van der Waals surface area contributed by atoms with Gasteiger partial charge in [-0.1, -0.05) is 35.3 Å². The van der Waals surface area contributed by atoms with E-state index >= 15 is 0 Å². The number of hydrogen-bond donors (Lipinski definition) is 1. The van der Waals surface area contributed by atoms with Gasteiger partial charge in [-0.15, -0.1) is 0 Å². The molecule has 0 atom stereocenters. The maximum Gasteiger partial charge on any atom is 0.227 e. The number of oxazole rings is 1. The van der Waals surface area contributed by atoms with Gasteiger partial charge < -0.3 is 10.2 Å². The number of nitrogens with two attached hydrogens (primary N) is 1. The highest BCUT2D eigenvalue weighted by molar-refractivity contribution is 6.38. The molecule has 3 nitrogen and oxygen atoms in total. The van der Waals surface area contributed by atoms with Crippen molar-refractivity contribution in [1.29, 1.82) is 0 Å². The maximum absolute atomic E-state index is 6.10. The van der Waals surface area contributed by atoms with E-state index in [1.165, 1.54) is 5.56 Å². The quantitative estimate of drug-likeness (QED) is 0.784. The number of aromatic nitrogens is 1. The fourth-order valence-electron chi connectivity index (χ4n) is 2.06. The van der Waals surface area contributed by atoms with Crippen LogP contribution in [0.5, 0.6) is 0 Å². The minimum Gasteiger partial charge on any atom is -0.435 e. The van der Waals surface area contributed by atoms with E-state index in [1.807, 2.05) is 24.3 Å². The predicted octanol–water partition coefficient (Wildman–Crippen LogP) is 4.30. The molecular formula is C15H12Cl2N2O. The van der Waals surface area contributed by atoms with Gasteiger partial charge in [0.2, 0.25) is 5.89 Å². The number of rotatable bonds is 3. The van der Waals surface area contributed by atoms with Crippen molar-refractivity contribution in [2.24, 2.45) is 5.73 Å². The molecule has 0 radical (unpaired) electrons. The molecule has 3 rings (SSSR count). The van der Waals surface area contributed by atoms with Crippen LogP contribution in [0.4, 0.5) is 0 Å². The third kappa shape index (κ3) is 2.52. The molecular weight excluding hydrogens is 295 g/mol. The van der Waals surface area contributed by atoms with Crippen LogP contribution in [-0.2, 0) is 6.42 Å². The van der Waals surface area contributed by atoms with Crippen molar-refractivity contribution in [2.45, 2.75) is 6.42 Å². The molecule has 0 saturated heterocycles. The van der Waals surface area contributed by atoms with Gasteiger partial charge in [-0.05, 0) is 42.8 Å². The molecule has 20 heavy (non-hydrogen) atoms. The predicted molar refractivity (Wildman–Crippen MR) is 82.2 cm³/mol. The van der Waals surface area contributed by atoms with Crippen molar-refractivity contribution >= 4 is 34.3 Å². The van der Waals surface area contributed by atoms with Crippen LogP contribution in [0.2, 0.25) is 10.0 Å². The maximum atomic E-state index is 6.10. The van der Waals surface area contributed by atoms with Crippen LogP contribution in [0.15, 0.2) is 40.8 Å². The molecule has 5 heteroatoms. The molecule has 0 amide bonds. The lowest BCUT2D eigenvalue weighted by atomic mass is 10.1.